The zero-order chi connectivity index (χ0) is 13.9. The molecule has 2 aromatic heterocycles. The summed E-state index contributed by atoms with van der Waals surface area (Å²) in [6.07, 6.45) is 3.05. The zero-order valence-electron chi connectivity index (χ0n) is 11.0. The summed E-state index contributed by atoms with van der Waals surface area (Å²) in [7, 11) is 0. The van der Waals surface area contributed by atoms with Crippen LogP contribution in [0, 0.1) is 11.8 Å². The van der Waals surface area contributed by atoms with E-state index in [4.69, 9.17) is 5.11 Å². The largest absolute Gasteiger partial charge is 0.384 e. The highest BCUT2D eigenvalue weighted by Crippen LogP contribution is 2.16. The van der Waals surface area contributed by atoms with E-state index in [0.717, 1.165) is 41.4 Å². The molecule has 20 heavy (non-hydrogen) atoms. The van der Waals surface area contributed by atoms with E-state index in [0.29, 0.717) is 6.54 Å². The standard InChI is InChI=1S/C14H15N3O2S/c18-9-3-4-11-6-7-12(20-11)10-17-14(19)16-8-2-1-5-13(16)15-17/h6-7,18H,1-2,5,8-10H2. The topological polar surface area (TPSA) is 60.1 Å². The number of hydrogen-bond acceptors (Lipinski definition) is 4. The van der Waals surface area contributed by atoms with Crippen LogP contribution in [0.3, 0.4) is 0 Å². The van der Waals surface area contributed by atoms with Crippen LogP contribution >= 0.6 is 11.3 Å². The first-order valence-electron chi connectivity index (χ1n) is 6.63. The van der Waals surface area contributed by atoms with Crippen LogP contribution in [-0.2, 0) is 19.5 Å². The molecular weight excluding hydrogens is 274 g/mol. The van der Waals surface area contributed by atoms with Crippen molar-refractivity contribution in [1.82, 2.24) is 14.3 Å². The second-order valence-electron chi connectivity index (χ2n) is 4.69. The van der Waals surface area contributed by atoms with Crippen molar-refractivity contribution < 1.29 is 5.11 Å². The normalized spacial score (nSPS) is 13.7. The molecule has 0 radical (unpaired) electrons. The second kappa shape index (κ2) is 5.65. The quantitative estimate of drug-likeness (QED) is 0.833. The summed E-state index contributed by atoms with van der Waals surface area (Å²) in [4.78, 5) is 14.1. The Hall–Kier alpha value is -1.84. The fraction of sp³-hybridized carbons (Fsp3) is 0.429. The molecule has 1 N–H and O–H groups in total. The maximum absolute atomic E-state index is 12.2. The Balaban J connectivity index is 1.83. The summed E-state index contributed by atoms with van der Waals surface area (Å²) in [6, 6.07) is 3.86. The average Bonchev–Trinajstić information content (AvgIpc) is 3.03. The highest BCUT2D eigenvalue weighted by molar-refractivity contribution is 7.12. The minimum atomic E-state index is -0.138. The number of aliphatic hydroxyl groups is 1. The maximum atomic E-state index is 12.2. The van der Waals surface area contributed by atoms with Gasteiger partial charge in [0.25, 0.3) is 0 Å². The molecule has 0 fully saturated rings. The fourth-order valence-corrected chi connectivity index (χ4v) is 3.22. The summed E-state index contributed by atoms with van der Waals surface area (Å²) in [5.74, 6) is 6.39. The molecule has 2 aromatic rings. The molecular formula is C14H15N3O2S. The van der Waals surface area contributed by atoms with Crippen molar-refractivity contribution in [3.05, 3.63) is 38.2 Å². The Morgan fingerprint density at radius 1 is 1.40 bits per heavy atom. The lowest BCUT2D eigenvalue weighted by molar-refractivity contribution is 0.350. The van der Waals surface area contributed by atoms with Crippen LogP contribution in [0.1, 0.15) is 28.4 Å². The van der Waals surface area contributed by atoms with Gasteiger partial charge in [0.2, 0.25) is 0 Å². The van der Waals surface area contributed by atoms with E-state index in [1.165, 1.54) is 16.0 Å². The maximum Gasteiger partial charge on any atom is 0.346 e. The fourth-order valence-electron chi connectivity index (χ4n) is 2.36. The number of aromatic nitrogens is 3. The summed E-state index contributed by atoms with van der Waals surface area (Å²) in [5.41, 5.74) is -0.0175. The molecule has 0 amide bonds. The molecule has 0 aliphatic carbocycles. The minimum absolute atomic E-state index is 0.0175. The van der Waals surface area contributed by atoms with Gasteiger partial charge in [0.1, 0.15) is 12.4 Å². The van der Waals surface area contributed by atoms with Crippen LogP contribution in [0.2, 0.25) is 0 Å². The number of hydrogen-bond donors (Lipinski definition) is 1. The van der Waals surface area contributed by atoms with Gasteiger partial charge in [-0.1, -0.05) is 11.8 Å². The van der Waals surface area contributed by atoms with Crippen LogP contribution in [-0.4, -0.2) is 26.1 Å². The molecule has 0 bridgehead atoms. The number of aryl methyl sites for hydroxylation is 1. The smallest absolute Gasteiger partial charge is 0.346 e. The van der Waals surface area contributed by atoms with Gasteiger partial charge in [0, 0.05) is 17.8 Å². The molecule has 3 rings (SSSR count). The third-order valence-electron chi connectivity index (χ3n) is 3.29. The molecule has 0 spiro atoms. The van der Waals surface area contributed by atoms with Crippen molar-refractivity contribution >= 4 is 11.3 Å². The summed E-state index contributed by atoms with van der Waals surface area (Å²) in [5, 5.41) is 13.1. The lowest BCUT2D eigenvalue weighted by Crippen LogP contribution is -2.27. The third kappa shape index (κ3) is 2.55. The molecule has 3 heterocycles. The van der Waals surface area contributed by atoms with Gasteiger partial charge in [-0.3, -0.25) is 4.57 Å². The molecule has 0 saturated carbocycles. The lowest BCUT2D eigenvalue weighted by atomic mass is 10.2. The van der Waals surface area contributed by atoms with Gasteiger partial charge in [0.05, 0.1) is 11.4 Å². The van der Waals surface area contributed by atoms with E-state index < -0.39 is 0 Å². The molecule has 104 valence electrons. The van der Waals surface area contributed by atoms with Gasteiger partial charge < -0.3 is 5.11 Å². The molecule has 0 aromatic carbocycles. The van der Waals surface area contributed by atoms with Crippen LogP contribution in [0.4, 0.5) is 0 Å². The summed E-state index contributed by atoms with van der Waals surface area (Å²) in [6.45, 7) is 1.14. The van der Waals surface area contributed by atoms with E-state index in [2.05, 4.69) is 16.9 Å². The zero-order valence-corrected chi connectivity index (χ0v) is 11.8. The Bertz CT molecular complexity index is 730. The van der Waals surface area contributed by atoms with Crippen molar-refractivity contribution in [3.63, 3.8) is 0 Å². The van der Waals surface area contributed by atoms with Crippen molar-refractivity contribution in [2.24, 2.45) is 0 Å². The molecule has 0 saturated heterocycles. The van der Waals surface area contributed by atoms with Crippen molar-refractivity contribution in [2.75, 3.05) is 6.61 Å². The highest BCUT2D eigenvalue weighted by atomic mass is 32.1. The lowest BCUT2D eigenvalue weighted by Gasteiger charge is -2.09. The molecule has 6 heteroatoms. The van der Waals surface area contributed by atoms with Gasteiger partial charge in [-0.2, -0.15) is 5.10 Å². The van der Waals surface area contributed by atoms with Gasteiger partial charge in [-0.05, 0) is 25.0 Å². The summed E-state index contributed by atoms with van der Waals surface area (Å²) >= 11 is 1.53. The predicted octanol–water partition coefficient (Wildman–Crippen LogP) is 0.835. The Labute approximate surface area is 120 Å². The van der Waals surface area contributed by atoms with E-state index in [1.807, 2.05) is 12.1 Å². The van der Waals surface area contributed by atoms with Crippen molar-refractivity contribution in [1.29, 1.82) is 0 Å². The van der Waals surface area contributed by atoms with Gasteiger partial charge in [-0.25, -0.2) is 9.48 Å². The van der Waals surface area contributed by atoms with Gasteiger partial charge in [-0.15, -0.1) is 11.3 Å². The Morgan fingerprint density at radius 3 is 3.10 bits per heavy atom. The highest BCUT2D eigenvalue weighted by Gasteiger charge is 2.16. The first kappa shape index (κ1) is 13.2. The van der Waals surface area contributed by atoms with Crippen LogP contribution in [0.25, 0.3) is 0 Å². The van der Waals surface area contributed by atoms with Crippen LogP contribution in [0.5, 0.6) is 0 Å². The first-order chi connectivity index (χ1) is 9.78. The number of rotatable bonds is 2. The molecule has 1 aliphatic heterocycles. The third-order valence-corrected chi connectivity index (χ3v) is 4.27. The number of nitrogens with zero attached hydrogens (tertiary/aromatic N) is 3. The van der Waals surface area contributed by atoms with Crippen molar-refractivity contribution in [3.8, 4) is 11.8 Å². The molecule has 1 aliphatic rings. The monoisotopic (exact) mass is 289 g/mol. The first-order valence-corrected chi connectivity index (χ1v) is 7.44. The van der Waals surface area contributed by atoms with Crippen LogP contribution < -0.4 is 5.69 Å². The second-order valence-corrected chi connectivity index (χ2v) is 5.86. The summed E-state index contributed by atoms with van der Waals surface area (Å²) < 4.78 is 3.32. The van der Waals surface area contributed by atoms with E-state index in [1.54, 1.807) is 4.57 Å². The number of fused-ring (bicyclic) bond motifs is 1. The Morgan fingerprint density at radius 2 is 2.30 bits per heavy atom. The number of thiophene rings is 1. The van der Waals surface area contributed by atoms with Crippen LogP contribution in [0.15, 0.2) is 16.9 Å². The molecule has 5 nitrogen and oxygen atoms in total. The molecule has 0 unspecified atom stereocenters. The minimum Gasteiger partial charge on any atom is -0.384 e. The average molecular weight is 289 g/mol. The molecule has 0 atom stereocenters. The van der Waals surface area contributed by atoms with Gasteiger partial charge >= 0.3 is 5.69 Å². The SMILES string of the molecule is O=c1n(Cc2ccc(C#CCO)s2)nc2n1CCCC2. The van der Waals surface area contributed by atoms with Crippen molar-refractivity contribution in [2.45, 2.75) is 32.4 Å². The van der Waals surface area contributed by atoms with E-state index in [9.17, 15) is 4.79 Å². The number of aliphatic hydroxyl groups excluding tert-OH is 1. The van der Waals surface area contributed by atoms with E-state index in [-0.39, 0.29) is 12.3 Å². The van der Waals surface area contributed by atoms with Gasteiger partial charge in [0.15, 0.2) is 0 Å². The Kier molecular flexibility index (Phi) is 3.72. The van der Waals surface area contributed by atoms with E-state index >= 15 is 0 Å². The predicted molar refractivity (Wildman–Crippen MR) is 76.8 cm³/mol.